The number of nitrogen functional groups attached to an aromatic ring is 1. The molecule has 1 aliphatic heterocycles. The molecule has 1 amide bonds. The Hall–Kier alpha value is -4.91. The second-order valence-electron chi connectivity index (χ2n) is 9.15. The van der Waals surface area contributed by atoms with Crippen molar-refractivity contribution >= 4 is 11.9 Å². The van der Waals surface area contributed by atoms with Gasteiger partial charge >= 0.3 is 6.09 Å². The highest BCUT2D eigenvalue weighted by Crippen LogP contribution is 2.33. The molecule has 0 saturated carbocycles. The lowest BCUT2D eigenvalue weighted by atomic mass is 10.1. The molecular weight excluding hydrogens is 504 g/mol. The van der Waals surface area contributed by atoms with Crippen molar-refractivity contribution in [3.8, 4) is 28.8 Å². The van der Waals surface area contributed by atoms with Gasteiger partial charge in [-0.05, 0) is 54.8 Å². The highest BCUT2D eigenvalue weighted by molar-refractivity contribution is 5.73. The van der Waals surface area contributed by atoms with Gasteiger partial charge < -0.3 is 20.1 Å². The predicted molar refractivity (Wildman–Crippen MR) is 140 cm³/mol. The number of amides is 1. The minimum Gasteiger partial charge on any atom is -0.454 e. The predicted octanol–water partition coefficient (Wildman–Crippen LogP) is 6.05. The maximum absolute atomic E-state index is 13.9. The Bertz CT molecular complexity index is 1520. The van der Waals surface area contributed by atoms with Gasteiger partial charge in [-0.25, -0.2) is 18.3 Å². The molecule has 4 aromatic rings. The van der Waals surface area contributed by atoms with Gasteiger partial charge in [0.15, 0.2) is 11.6 Å². The van der Waals surface area contributed by atoms with Crippen LogP contribution >= 0.6 is 0 Å². The number of carbonyl (C=O) groups excluding carboxylic acids is 1. The number of nitrogens with two attached hydrogens (primary N) is 1. The van der Waals surface area contributed by atoms with E-state index in [0.29, 0.717) is 24.3 Å². The monoisotopic (exact) mass is 529 g/mol. The Balaban J connectivity index is 1.31. The first-order valence-corrected chi connectivity index (χ1v) is 12.4. The lowest BCUT2D eigenvalue weighted by Crippen LogP contribution is -2.41. The number of hydrogen-bond acceptors (Lipinski definition) is 6. The summed E-state index contributed by atoms with van der Waals surface area (Å²) in [7, 11) is 0. The first kappa shape index (κ1) is 25.7. The molecule has 198 valence electrons. The molecule has 1 aromatic heterocycles. The lowest BCUT2D eigenvalue weighted by Gasteiger charge is -2.32. The van der Waals surface area contributed by atoms with E-state index in [1.165, 1.54) is 0 Å². The van der Waals surface area contributed by atoms with Crippen molar-refractivity contribution in [1.29, 1.82) is 5.26 Å². The van der Waals surface area contributed by atoms with E-state index in [0.717, 1.165) is 36.6 Å². The summed E-state index contributed by atoms with van der Waals surface area (Å²) in [5, 5.41) is 14.5. The molecule has 1 fully saturated rings. The van der Waals surface area contributed by atoms with Crippen molar-refractivity contribution in [3.63, 3.8) is 0 Å². The summed E-state index contributed by atoms with van der Waals surface area (Å²) >= 11 is 0. The zero-order valence-electron chi connectivity index (χ0n) is 20.9. The Labute approximate surface area is 223 Å². The Morgan fingerprint density at radius 3 is 2.62 bits per heavy atom. The number of anilines is 1. The van der Waals surface area contributed by atoms with Crippen LogP contribution in [0.5, 0.6) is 11.5 Å². The molecule has 1 unspecified atom stereocenters. The van der Waals surface area contributed by atoms with Crippen LogP contribution in [0.25, 0.3) is 11.3 Å². The van der Waals surface area contributed by atoms with Gasteiger partial charge in [0.25, 0.3) is 0 Å². The van der Waals surface area contributed by atoms with Gasteiger partial charge in [0, 0.05) is 24.7 Å². The van der Waals surface area contributed by atoms with E-state index < -0.39 is 17.7 Å². The normalized spacial score (nSPS) is 15.0. The molecule has 2 N–H and O–H groups in total. The third-order valence-corrected chi connectivity index (χ3v) is 6.51. The molecule has 8 nitrogen and oxygen atoms in total. The fraction of sp³-hybridized carbons (Fsp3) is 0.207. The van der Waals surface area contributed by atoms with Crippen LogP contribution in [0.1, 0.15) is 30.0 Å². The quantitative estimate of drug-likeness (QED) is 0.326. The molecule has 0 bridgehead atoms. The largest absolute Gasteiger partial charge is 0.454 e. The first-order valence-electron chi connectivity index (χ1n) is 12.4. The van der Waals surface area contributed by atoms with Crippen molar-refractivity contribution in [2.24, 2.45) is 0 Å². The number of benzene rings is 3. The van der Waals surface area contributed by atoms with Crippen molar-refractivity contribution in [2.75, 3.05) is 18.8 Å². The minimum absolute atomic E-state index is 0.180. The van der Waals surface area contributed by atoms with E-state index in [9.17, 15) is 18.8 Å². The van der Waals surface area contributed by atoms with Crippen LogP contribution < -0.4 is 10.5 Å². The van der Waals surface area contributed by atoms with Gasteiger partial charge in [-0.2, -0.15) is 10.4 Å². The van der Waals surface area contributed by atoms with Crippen LogP contribution in [0, 0.1) is 23.0 Å². The second kappa shape index (κ2) is 11.2. The molecule has 10 heteroatoms. The third-order valence-electron chi connectivity index (χ3n) is 6.51. The average molecular weight is 530 g/mol. The fourth-order valence-electron chi connectivity index (χ4n) is 4.53. The molecule has 0 aliphatic carbocycles. The number of halogens is 2. The Kier molecular flexibility index (Phi) is 7.41. The number of nitriles is 1. The third kappa shape index (κ3) is 5.67. The van der Waals surface area contributed by atoms with E-state index in [4.69, 9.17) is 15.2 Å². The summed E-state index contributed by atoms with van der Waals surface area (Å²) in [4.78, 5) is 14.3. The molecule has 5 rings (SSSR count). The Morgan fingerprint density at radius 2 is 1.87 bits per heavy atom. The highest BCUT2D eigenvalue weighted by Gasteiger charge is 2.29. The van der Waals surface area contributed by atoms with Gasteiger partial charge in [0.1, 0.15) is 41.3 Å². The average Bonchev–Trinajstić information content (AvgIpc) is 3.30. The van der Waals surface area contributed by atoms with E-state index in [1.807, 2.05) is 30.3 Å². The smallest absolute Gasteiger partial charge is 0.410 e. The van der Waals surface area contributed by atoms with E-state index in [1.54, 1.807) is 33.8 Å². The summed E-state index contributed by atoms with van der Waals surface area (Å²) in [5.74, 6) is -1.05. The van der Waals surface area contributed by atoms with Crippen LogP contribution in [-0.2, 0) is 11.3 Å². The highest BCUT2D eigenvalue weighted by atomic mass is 19.1. The van der Waals surface area contributed by atoms with Crippen molar-refractivity contribution in [2.45, 2.75) is 25.5 Å². The maximum Gasteiger partial charge on any atom is 0.410 e. The van der Waals surface area contributed by atoms with Gasteiger partial charge in [0.2, 0.25) is 0 Å². The zero-order chi connectivity index (χ0) is 27.4. The summed E-state index contributed by atoms with van der Waals surface area (Å²) in [6.07, 6.45) is 1.04. The molecule has 2 heterocycles. The number of ether oxygens (including phenoxy) is 2. The van der Waals surface area contributed by atoms with Gasteiger partial charge in [-0.1, -0.05) is 30.3 Å². The minimum atomic E-state index is -0.691. The number of likely N-dealkylation sites (tertiary alicyclic amines) is 1. The molecule has 39 heavy (non-hydrogen) atoms. The van der Waals surface area contributed by atoms with Crippen molar-refractivity contribution in [3.05, 3.63) is 95.6 Å². The van der Waals surface area contributed by atoms with Crippen molar-refractivity contribution in [1.82, 2.24) is 14.7 Å². The van der Waals surface area contributed by atoms with Crippen molar-refractivity contribution < 1.29 is 23.0 Å². The van der Waals surface area contributed by atoms with Gasteiger partial charge in [-0.3, -0.25) is 0 Å². The van der Waals surface area contributed by atoms with Gasteiger partial charge in [-0.15, -0.1) is 0 Å². The first-order chi connectivity index (χ1) is 18.9. The fourth-order valence-corrected chi connectivity index (χ4v) is 4.53. The lowest BCUT2D eigenvalue weighted by molar-refractivity contribution is 0.0791. The van der Waals surface area contributed by atoms with E-state index in [2.05, 4.69) is 11.2 Å². The number of piperidine rings is 1. The number of nitrogens with zero attached hydrogens (tertiary/aromatic N) is 4. The number of hydrogen-bond donors (Lipinski definition) is 1. The summed E-state index contributed by atoms with van der Waals surface area (Å²) < 4.78 is 39.9. The number of rotatable bonds is 6. The summed E-state index contributed by atoms with van der Waals surface area (Å²) in [6.45, 7) is 1.07. The SMILES string of the molecule is N#Cc1c(-c2ccc(Oc3cc(F)ccc3F)cc2)nn(C2CCCN(C(=O)OCc3ccccc3)C2)c1N. The molecule has 0 radical (unpaired) electrons. The van der Waals surface area contributed by atoms with Crippen LogP contribution in [0.2, 0.25) is 0 Å². The zero-order valence-corrected chi connectivity index (χ0v) is 20.9. The van der Waals surface area contributed by atoms with Crippen LogP contribution in [0.3, 0.4) is 0 Å². The molecule has 0 spiro atoms. The van der Waals surface area contributed by atoms with E-state index >= 15 is 0 Å². The van der Waals surface area contributed by atoms with Gasteiger partial charge in [0.05, 0.1) is 6.04 Å². The van der Waals surface area contributed by atoms with Crippen LogP contribution in [0.4, 0.5) is 19.4 Å². The maximum atomic E-state index is 13.9. The topological polar surface area (TPSA) is 106 Å². The summed E-state index contributed by atoms with van der Waals surface area (Å²) in [5.41, 5.74) is 8.43. The number of carbonyl (C=O) groups is 1. The number of aromatic nitrogens is 2. The van der Waals surface area contributed by atoms with E-state index in [-0.39, 0.29) is 35.5 Å². The van der Waals surface area contributed by atoms with Crippen LogP contribution in [-0.4, -0.2) is 33.9 Å². The molecule has 1 saturated heterocycles. The molecular formula is C29H25F2N5O3. The van der Waals surface area contributed by atoms with Crippen LogP contribution in [0.15, 0.2) is 72.8 Å². The standard InChI is InChI=1S/C29H25F2N5O3/c30-21-10-13-25(31)26(15-21)39-23-11-8-20(9-12-23)27-24(16-32)28(33)36(34-27)22-7-4-14-35(17-22)29(37)38-18-19-5-2-1-3-6-19/h1-3,5-6,8-13,15,22H,4,7,14,17-18,33H2. The molecule has 3 aromatic carbocycles. The molecule has 1 atom stereocenters. The summed E-state index contributed by atoms with van der Waals surface area (Å²) in [6, 6.07) is 20.8. The molecule has 1 aliphatic rings. The second-order valence-corrected chi connectivity index (χ2v) is 9.15. The Morgan fingerprint density at radius 1 is 1.10 bits per heavy atom.